The van der Waals surface area contributed by atoms with Crippen LogP contribution in [0.15, 0.2) is 54.9 Å². The van der Waals surface area contributed by atoms with Gasteiger partial charge in [-0.1, -0.05) is 32.1 Å². The summed E-state index contributed by atoms with van der Waals surface area (Å²) in [6.07, 6.45) is 6.98. The van der Waals surface area contributed by atoms with Crippen molar-refractivity contribution in [1.82, 2.24) is 20.0 Å². The topological polar surface area (TPSA) is 140 Å². The third-order valence-electron chi connectivity index (χ3n) is 6.90. The molecule has 0 unspecified atom stereocenters. The Morgan fingerprint density at radius 2 is 1.81 bits per heavy atom. The molecule has 4 aromatic rings. The van der Waals surface area contributed by atoms with Gasteiger partial charge in [-0.3, -0.25) is 9.52 Å². The largest absolute Gasteiger partial charge is 0.492 e. The van der Waals surface area contributed by atoms with Crippen LogP contribution in [0.25, 0.3) is 16.9 Å². The number of benzene rings is 2. The Morgan fingerprint density at radius 1 is 1.07 bits per heavy atom. The molecule has 12 heteroatoms. The molecule has 11 nitrogen and oxygen atoms in total. The lowest BCUT2D eigenvalue weighted by molar-refractivity contribution is 0.102. The number of pyridine rings is 1. The molecule has 0 radical (unpaired) electrons. The van der Waals surface area contributed by atoms with Crippen molar-refractivity contribution in [3.05, 3.63) is 71.5 Å². The lowest BCUT2D eigenvalue weighted by Gasteiger charge is -2.24. The number of methoxy groups -OCH3 is 1. The van der Waals surface area contributed by atoms with E-state index in [2.05, 4.69) is 30.7 Å². The molecule has 1 aliphatic carbocycles. The Hall–Kier alpha value is -4.45. The van der Waals surface area contributed by atoms with Gasteiger partial charge in [0.25, 0.3) is 5.91 Å². The van der Waals surface area contributed by atoms with Crippen molar-refractivity contribution in [2.75, 3.05) is 28.7 Å². The molecular weight excluding hydrogens is 554 g/mol. The number of anilines is 3. The minimum Gasteiger partial charge on any atom is -0.492 e. The number of sulfonamides is 1. The summed E-state index contributed by atoms with van der Waals surface area (Å²) in [6.45, 7) is 7.92. The first-order valence-electron chi connectivity index (χ1n) is 13.6. The molecule has 1 saturated carbocycles. The summed E-state index contributed by atoms with van der Waals surface area (Å²) in [5.74, 6) is 0.656. The molecule has 220 valence electrons. The minimum atomic E-state index is -3.60. The Bertz CT molecular complexity index is 1740. The fraction of sp³-hybridized carbons (Fsp3) is 0.333. The van der Waals surface area contributed by atoms with Crippen LogP contribution < -0.4 is 20.1 Å². The zero-order valence-electron chi connectivity index (χ0n) is 24.5. The molecule has 0 atom stereocenters. The molecule has 1 fully saturated rings. The molecule has 2 aromatic carbocycles. The van der Waals surface area contributed by atoms with E-state index in [0.717, 1.165) is 28.8 Å². The summed E-state index contributed by atoms with van der Waals surface area (Å²) < 4.78 is 33.8. The molecule has 1 aliphatic rings. The summed E-state index contributed by atoms with van der Waals surface area (Å²) in [4.78, 5) is 18.0. The average molecular weight is 590 g/mol. The van der Waals surface area contributed by atoms with Crippen LogP contribution in [0.3, 0.4) is 0 Å². The molecule has 5 rings (SSSR count). The number of carbonyl (C=O) groups excluding carboxylic acids is 1. The van der Waals surface area contributed by atoms with Gasteiger partial charge in [0.15, 0.2) is 5.75 Å². The van der Waals surface area contributed by atoms with Crippen LogP contribution in [-0.2, 0) is 15.4 Å². The first kappa shape index (κ1) is 29.1. The number of aryl methyl sites for hydroxylation is 1. The highest BCUT2D eigenvalue weighted by Crippen LogP contribution is 2.39. The Kier molecular flexibility index (Phi) is 7.67. The van der Waals surface area contributed by atoms with Crippen LogP contribution >= 0.6 is 0 Å². The van der Waals surface area contributed by atoms with Crippen molar-refractivity contribution in [3.8, 4) is 22.7 Å². The predicted octanol–water partition coefficient (Wildman–Crippen LogP) is 5.14. The van der Waals surface area contributed by atoms with E-state index in [4.69, 9.17) is 4.74 Å². The molecule has 2 heterocycles. The molecule has 2 aromatic heterocycles. The van der Waals surface area contributed by atoms with Crippen molar-refractivity contribution in [2.45, 2.75) is 52.0 Å². The second-order valence-electron chi connectivity index (χ2n) is 11.6. The second-order valence-corrected chi connectivity index (χ2v) is 13.3. The molecule has 1 amide bonds. The molecule has 0 bridgehead atoms. The molecule has 0 aliphatic heterocycles. The zero-order valence-corrected chi connectivity index (χ0v) is 25.3. The number of amides is 1. The Balaban J connectivity index is 1.42. The fourth-order valence-corrected chi connectivity index (χ4v) is 4.97. The number of nitrogens with one attached hydrogen (secondary N) is 3. The van der Waals surface area contributed by atoms with Crippen LogP contribution in [0, 0.1) is 6.92 Å². The molecule has 42 heavy (non-hydrogen) atoms. The van der Waals surface area contributed by atoms with Gasteiger partial charge in [0.05, 0.1) is 36.6 Å². The van der Waals surface area contributed by atoms with E-state index in [9.17, 15) is 13.2 Å². The van der Waals surface area contributed by atoms with Gasteiger partial charge in [-0.15, -0.1) is 5.10 Å². The molecule has 0 saturated heterocycles. The summed E-state index contributed by atoms with van der Waals surface area (Å²) in [5.41, 5.74) is 4.54. The standard InChI is InChI=1S/C30H35N7O4S/c1-18-7-8-19(13-26(18)37-17-25(34-36-37)20-9-12-27(31-16-20)32-22-10-11-22)29(38)33-23-14-21(30(2,3)4)15-24(28(23)41-5)35-42(6,39)40/h7-9,12-17,22,35H,10-11H2,1-6H3,(H,31,32)(H,33,38). The SMILES string of the molecule is COc1c(NC(=O)c2ccc(C)c(-n3cc(-c4ccc(NC5CC5)nc4)nn3)c2)cc(C(C)(C)C)cc1NS(C)(=O)=O. The molecule has 3 N–H and O–H groups in total. The first-order chi connectivity index (χ1) is 19.8. The number of nitrogens with zero attached hydrogens (tertiary/aromatic N) is 4. The molecular formula is C30H35N7O4S. The number of carbonyl (C=O) groups is 1. The van der Waals surface area contributed by atoms with Gasteiger partial charge in [-0.2, -0.15) is 0 Å². The monoisotopic (exact) mass is 589 g/mol. The van der Waals surface area contributed by atoms with Crippen molar-refractivity contribution >= 4 is 33.1 Å². The van der Waals surface area contributed by atoms with Gasteiger partial charge in [0.1, 0.15) is 11.5 Å². The van der Waals surface area contributed by atoms with Crippen molar-refractivity contribution < 1.29 is 17.9 Å². The maximum Gasteiger partial charge on any atom is 0.255 e. The number of hydrogen-bond acceptors (Lipinski definition) is 8. The fourth-order valence-electron chi connectivity index (χ4n) is 4.42. The third-order valence-corrected chi connectivity index (χ3v) is 7.49. The lowest BCUT2D eigenvalue weighted by atomic mass is 9.86. The molecule has 0 spiro atoms. The van der Waals surface area contributed by atoms with E-state index >= 15 is 0 Å². The van der Waals surface area contributed by atoms with E-state index in [1.807, 2.05) is 45.9 Å². The number of hydrogen-bond donors (Lipinski definition) is 3. The van der Waals surface area contributed by atoms with Gasteiger partial charge in [0, 0.05) is 23.4 Å². The lowest BCUT2D eigenvalue weighted by Crippen LogP contribution is -2.18. The van der Waals surface area contributed by atoms with Gasteiger partial charge in [-0.05, 0) is 72.7 Å². The first-order valence-corrected chi connectivity index (χ1v) is 15.5. The summed E-state index contributed by atoms with van der Waals surface area (Å²) in [7, 11) is -2.17. The summed E-state index contributed by atoms with van der Waals surface area (Å²) >= 11 is 0. The van der Waals surface area contributed by atoms with E-state index in [1.54, 1.807) is 41.3 Å². The number of ether oxygens (including phenoxy) is 1. The highest BCUT2D eigenvalue weighted by atomic mass is 32.2. The number of aromatic nitrogens is 4. The highest BCUT2D eigenvalue weighted by Gasteiger charge is 2.23. The summed E-state index contributed by atoms with van der Waals surface area (Å²) in [5, 5.41) is 14.9. The van der Waals surface area contributed by atoms with Gasteiger partial charge in [-0.25, -0.2) is 18.1 Å². The van der Waals surface area contributed by atoms with Crippen molar-refractivity contribution in [3.63, 3.8) is 0 Å². The minimum absolute atomic E-state index is 0.210. The Morgan fingerprint density at radius 3 is 2.43 bits per heavy atom. The quantitative estimate of drug-likeness (QED) is 0.244. The van der Waals surface area contributed by atoms with Crippen LogP contribution in [0.2, 0.25) is 0 Å². The zero-order chi connectivity index (χ0) is 30.2. The number of rotatable bonds is 9. The predicted molar refractivity (Wildman–Crippen MR) is 164 cm³/mol. The maximum atomic E-state index is 13.5. The second kappa shape index (κ2) is 11.1. The van der Waals surface area contributed by atoms with E-state index in [1.165, 1.54) is 20.0 Å². The average Bonchev–Trinajstić information content (AvgIpc) is 3.59. The van der Waals surface area contributed by atoms with Crippen LogP contribution in [-0.4, -0.2) is 53.7 Å². The third kappa shape index (κ3) is 6.71. The van der Waals surface area contributed by atoms with Gasteiger partial charge in [0.2, 0.25) is 10.0 Å². The van der Waals surface area contributed by atoms with Crippen molar-refractivity contribution in [1.29, 1.82) is 0 Å². The summed E-state index contributed by atoms with van der Waals surface area (Å²) in [6, 6.07) is 13.2. The van der Waals surface area contributed by atoms with E-state index in [-0.39, 0.29) is 16.9 Å². The smallest absolute Gasteiger partial charge is 0.255 e. The Labute approximate surface area is 245 Å². The van der Waals surface area contributed by atoms with Crippen molar-refractivity contribution in [2.24, 2.45) is 0 Å². The van der Waals surface area contributed by atoms with Gasteiger partial charge >= 0.3 is 0 Å². The van der Waals surface area contributed by atoms with Gasteiger partial charge < -0.3 is 15.4 Å². The highest BCUT2D eigenvalue weighted by molar-refractivity contribution is 7.92. The maximum absolute atomic E-state index is 13.5. The van der Waals surface area contributed by atoms with E-state index in [0.29, 0.717) is 28.7 Å². The van der Waals surface area contributed by atoms with Crippen LogP contribution in [0.5, 0.6) is 5.75 Å². The van der Waals surface area contributed by atoms with Crippen LogP contribution in [0.4, 0.5) is 17.2 Å². The van der Waals surface area contributed by atoms with Crippen LogP contribution in [0.1, 0.15) is 55.1 Å². The normalized spacial score (nSPS) is 13.5. The van der Waals surface area contributed by atoms with E-state index < -0.39 is 15.9 Å².